The van der Waals surface area contributed by atoms with E-state index >= 15 is 0 Å². The van der Waals surface area contributed by atoms with Crippen LogP contribution in [0.15, 0.2) is 77.7 Å². The summed E-state index contributed by atoms with van der Waals surface area (Å²) < 4.78 is 0. The fraction of sp³-hybridized carbons (Fsp3) is 0.0909. The van der Waals surface area contributed by atoms with Gasteiger partial charge in [-0.2, -0.15) is 0 Å². The topological polar surface area (TPSA) is 58.2 Å². The normalized spacial score (nSPS) is 10.4. The molecule has 2 amide bonds. The van der Waals surface area contributed by atoms with Crippen LogP contribution in [0.2, 0.25) is 5.02 Å². The van der Waals surface area contributed by atoms with Crippen molar-refractivity contribution in [2.24, 2.45) is 0 Å². The molecule has 0 aliphatic carbocycles. The van der Waals surface area contributed by atoms with Crippen molar-refractivity contribution in [3.63, 3.8) is 0 Å². The van der Waals surface area contributed by atoms with E-state index < -0.39 is 0 Å². The Bertz CT molecular complexity index is 955. The molecule has 0 aromatic heterocycles. The number of benzene rings is 3. The maximum Gasteiger partial charge on any atom is 0.255 e. The van der Waals surface area contributed by atoms with Crippen LogP contribution in [0.4, 0.5) is 11.4 Å². The lowest BCUT2D eigenvalue weighted by molar-refractivity contribution is -0.114. The molecule has 0 atom stereocenters. The van der Waals surface area contributed by atoms with Crippen molar-refractivity contribution in [1.29, 1.82) is 0 Å². The molecule has 0 heterocycles. The second-order valence-electron chi connectivity index (χ2n) is 6.15. The number of rotatable bonds is 6. The molecule has 2 N–H and O–H groups in total. The highest BCUT2D eigenvalue weighted by atomic mass is 35.5. The first kappa shape index (κ1) is 20.0. The number of carbonyl (C=O) groups is 2. The lowest BCUT2D eigenvalue weighted by Gasteiger charge is -2.08. The number of hydrogen-bond acceptors (Lipinski definition) is 3. The molecular formula is C22H19ClN2O2S. The highest BCUT2D eigenvalue weighted by Crippen LogP contribution is 2.24. The van der Waals surface area contributed by atoms with E-state index in [1.165, 1.54) is 6.92 Å². The van der Waals surface area contributed by atoms with E-state index in [-0.39, 0.29) is 11.8 Å². The monoisotopic (exact) mass is 410 g/mol. The van der Waals surface area contributed by atoms with Crippen molar-refractivity contribution >= 4 is 46.6 Å². The molecule has 3 rings (SSSR count). The Morgan fingerprint density at radius 1 is 0.821 bits per heavy atom. The van der Waals surface area contributed by atoms with Crippen molar-refractivity contribution < 1.29 is 9.59 Å². The van der Waals surface area contributed by atoms with Gasteiger partial charge in [0.15, 0.2) is 0 Å². The second kappa shape index (κ2) is 9.44. The largest absolute Gasteiger partial charge is 0.326 e. The molecule has 3 aromatic carbocycles. The first-order chi connectivity index (χ1) is 13.5. The van der Waals surface area contributed by atoms with Crippen molar-refractivity contribution in [2.75, 3.05) is 10.6 Å². The van der Waals surface area contributed by atoms with Crippen molar-refractivity contribution in [1.82, 2.24) is 0 Å². The number of anilines is 2. The minimum absolute atomic E-state index is 0.133. The van der Waals surface area contributed by atoms with Crippen LogP contribution in [0.3, 0.4) is 0 Å². The fourth-order valence-corrected chi connectivity index (χ4v) is 3.47. The summed E-state index contributed by atoms with van der Waals surface area (Å²) >= 11 is 7.61. The van der Waals surface area contributed by atoms with Gasteiger partial charge in [0.2, 0.25) is 5.91 Å². The molecule has 28 heavy (non-hydrogen) atoms. The Morgan fingerprint density at radius 2 is 1.39 bits per heavy atom. The molecule has 0 unspecified atom stereocenters. The minimum Gasteiger partial charge on any atom is -0.326 e. The van der Waals surface area contributed by atoms with Gasteiger partial charge in [0.05, 0.1) is 0 Å². The van der Waals surface area contributed by atoms with E-state index in [1.54, 1.807) is 36.0 Å². The lowest BCUT2D eigenvalue weighted by atomic mass is 10.1. The van der Waals surface area contributed by atoms with Gasteiger partial charge in [0, 0.05) is 39.5 Å². The smallest absolute Gasteiger partial charge is 0.255 e. The van der Waals surface area contributed by atoms with E-state index in [0.717, 1.165) is 21.2 Å². The Balaban J connectivity index is 1.55. The second-order valence-corrected chi connectivity index (χ2v) is 7.64. The third-order valence-corrected chi connectivity index (χ3v) is 5.23. The number of hydrogen-bond donors (Lipinski definition) is 2. The summed E-state index contributed by atoms with van der Waals surface area (Å²) in [7, 11) is 0. The minimum atomic E-state index is -0.177. The molecule has 142 valence electrons. The summed E-state index contributed by atoms with van der Waals surface area (Å²) in [6.45, 7) is 1.45. The number of halogens is 1. The SMILES string of the molecule is CC(=O)Nc1ccc(NC(=O)c2ccc(CSc3ccc(Cl)cc3)cc2)cc1. The first-order valence-electron chi connectivity index (χ1n) is 8.66. The van der Waals surface area contributed by atoms with E-state index in [0.29, 0.717) is 16.9 Å². The first-order valence-corrected chi connectivity index (χ1v) is 10.0. The Labute approximate surface area is 173 Å². The third kappa shape index (κ3) is 5.87. The summed E-state index contributed by atoms with van der Waals surface area (Å²) in [5.74, 6) is 0.504. The summed E-state index contributed by atoms with van der Waals surface area (Å²) in [4.78, 5) is 24.6. The zero-order chi connectivity index (χ0) is 19.9. The number of thioether (sulfide) groups is 1. The van der Waals surface area contributed by atoms with Gasteiger partial charge in [0.25, 0.3) is 5.91 Å². The van der Waals surface area contributed by atoms with Gasteiger partial charge in [-0.1, -0.05) is 23.7 Å². The van der Waals surface area contributed by atoms with Crippen LogP contribution in [0.1, 0.15) is 22.8 Å². The maximum atomic E-state index is 12.4. The lowest BCUT2D eigenvalue weighted by Crippen LogP contribution is -2.12. The molecule has 0 bridgehead atoms. The third-order valence-electron chi connectivity index (χ3n) is 3.90. The summed E-state index contributed by atoms with van der Waals surface area (Å²) in [5.41, 5.74) is 3.08. The molecule has 0 aliphatic heterocycles. The van der Waals surface area contributed by atoms with Gasteiger partial charge >= 0.3 is 0 Å². The van der Waals surface area contributed by atoms with Crippen LogP contribution in [0.25, 0.3) is 0 Å². The Kier molecular flexibility index (Phi) is 6.74. The van der Waals surface area contributed by atoms with Crippen LogP contribution in [-0.4, -0.2) is 11.8 Å². The standard InChI is InChI=1S/C22H19ClN2O2S/c1-15(26)24-19-8-10-20(11-9-19)25-22(27)17-4-2-16(3-5-17)14-28-21-12-6-18(23)7-13-21/h2-13H,14H2,1H3,(H,24,26)(H,25,27). The zero-order valence-corrected chi connectivity index (χ0v) is 16.8. The Morgan fingerprint density at radius 3 is 1.96 bits per heavy atom. The van der Waals surface area contributed by atoms with Crippen molar-refractivity contribution in [2.45, 2.75) is 17.6 Å². The predicted octanol–water partition coefficient (Wildman–Crippen LogP) is 5.84. The molecule has 0 saturated carbocycles. The van der Waals surface area contributed by atoms with Gasteiger partial charge in [-0.3, -0.25) is 9.59 Å². The molecule has 4 nitrogen and oxygen atoms in total. The maximum absolute atomic E-state index is 12.4. The van der Waals surface area contributed by atoms with Crippen LogP contribution < -0.4 is 10.6 Å². The molecule has 6 heteroatoms. The van der Waals surface area contributed by atoms with Crippen molar-refractivity contribution in [3.05, 3.63) is 88.9 Å². The zero-order valence-electron chi connectivity index (χ0n) is 15.2. The van der Waals surface area contributed by atoms with Gasteiger partial charge in [-0.15, -0.1) is 11.8 Å². The average Bonchev–Trinajstić information content (AvgIpc) is 2.69. The summed E-state index contributed by atoms with van der Waals surface area (Å²) in [5, 5.41) is 6.27. The summed E-state index contributed by atoms with van der Waals surface area (Å²) in [6, 6.07) is 22.3. The number of carbonyl (C=O) groups excluding carboxylic acids is 2. The predicted molar refractivity (Wildman–Crippen MR) is 116 cm³/mol. The molecule has 0 fully saturated rings. The highest BCUT2D eigenvalue weighted by molar-refractivity contribution is 7.98. The molecule has 0 radical (unpaired) electrons. The van der Waals surface area contributed by atoms with Gasteiger partial charge < -0.3 is 10.6 Å². The molecule has 0 saturated heterocycles. The number of amides is 2. The van der Waals surface area contributed by atoms with Crippen molar-refractivity contribution in [3.8, 4) is 0 Å². The Hall–Kier alpha value is -2.76. The quantitative estimate of drug-likeness (QED) is 0.501. The van der Waals surface area contributed by atoms with Gasteiger partial charge in [-0.05, 0) is 66.2 Å². The highest BCUT2D eigenvalue weighted by Gasteiger charge is 2.07. The van der Waals surface area contributed by atoms with E-state index in [2.05, 4.69) is 10.6 Å². The van der Waals surface area contributed by atoms with Gasteiger partial charge in [0.1, 0.15) is 0 Å². The molecule has 3 aromatic rings. The van der Waals surface area contributed by atoms with Crippen LogP contribution in [0.5, 0.6) is 0 Å². The van der Waals surface area contributed by atoms with Crippen LogP contribution in [-0.2, 0) is 10.5 Å². The number of nitrogens with one attached hydrogen (secondary N) is 2. The van der Waals surface area contributed by atoms with Crippen LogP contribution >= 0.6 is 23.4 Å². The van der Waals surface area contributed by atoms with Gasteiger partial charge in [-0.25, -0.2) is 0 Å². The molecule has 0 spiro atoms. The molecule has 0 aliphatic rings. The van der Waals surface area contributed by atoms with E-state index in [4.69, 9.17) is 11.6 Å². The van der Waals surface area contributed by atoms with E-state index in [9.17, 15) is 9.59 Å². The van der Waals surface area contributed by atoms with Crippen LogP contribution in [0, 0.1) is 0 Å². The average molecular weight is 411 g/mol. The molecular weight excluding hydrogens is 392 g/mol. The summed E-state index contributed by atoms with van der Waals surface area (Å²) in [6.07, 6.45) is 0. The fourth-order valence-electron chi connectivity index (χ4n) is 2.49. The van der Waals surface area contributed by atoms with E-state index in [1.807, 2.05) is 48.5 Å².